The molecule has 0 spiro atoms. The summed E-state index contributed by atoms with van der Waals surface area (Å²) in [5.41, 5.74) is 4.01. The van der Waals surface area contributed by atoms with Crippen LogP contribution < -0.4 is 0 Å². The first-order valence-corrected chi connectivity index (χ1v) is 6.84. The smallest absolute Gasteiger partial charge is 0.135 e. The summed E-state index contributed by atoms with van der Waals surface area (Å²) in [6.45, 7) is 9.54. The maximum absolute atomic E-state index is 4.68. The molecule has 0 saturated carbocycles. The lowest BCUT2D eigenvalue weighted by atomic mass is 10.2. The van der Waals surface area contributed by atoms with E-state index in [4.69, 9.17) is 0 Å². The molecule has 2 aromatic rings. The topological polar surface area (TPSA) is 62.6 Å². The van der Waals surface area contributed by atoms with E-state index in [1.807, 2.05) is 6.92 Å². The summed E-state index contributed by atoms with van der Waals surface area (Å²) >= 11 is 0. The molecule has 6 nitrogen and oxygen atoms in total. The Morgan fingerprint density at radius 3 is 2.84 bits per heavy atom. The quantitative estimate of drug-likeness (QED) is 0.890. The predicted octanol–water partition coefficient (Wildman–Crippen LogP) is 1.59. The van der Waals surface area contributed by atoms with Crippen molar-refractivity contribution in [3.63, 3.8) is 0 Å². The standard InChI is InChI=1S/C13H20N6/c1-9(2)18-5-4-6-19-11(8-18)7-12(16-19)13-10(3)14-17-15-13/h7,9H,4-6,8H2,1-3H3,(H,14,15,17). The number of aromatic nitrogens is 5. The van der Waals surface area contributed by atoms with Crippen molar-refractivity contribution in [3.8, 4) is 11.4 Å². The average Bonchev–Trinajstić information content (AvgIpc) is 2.90. The van der Waals surface area contributed by atoms with Crippen molar-refractivity contribution in [2.45, 2.75) is 46.3 Å². The summed E-state index contributed by atoms with van der Waals surface area (Å²) in [5, 5.41) is 15.5. The first-order valence-electron chi connectivity index (χ1n) is 6.84. The maximum atomic E-state index is 4.68. The number of nitrogens with zero attached hydrogens (tertiary/aromatic N) is 5. The molecule has 0 amide bonds. The first-order chi connectivity index (χ1) is 9.15. The Kier molecular flexibility index (Phi) is 3.10. The Morgan fingerprint density at radius 2 is 2.16 bits per heavy atom. The van der Waals surface area contributed by atoms with Crippen LogP contribution in [-0.4, -0.2) is 42.7 Å². The molecule has 102 valence electrons. The molecule has 3 rings (SSSR count). The van der Waals surface area contributed by atoms with Gasteiger partial charge in [-0.15, -0.1) is 5.10 Å². The van der Waals surface area contributed by atoms with E-state index in [1.165, 1.54) is 5.69 Å². The van der Waals surface area contributed by atoms with Gasteiger partial charge in [0, 0.05) is 25.7 Å². The van der Waals surface area contributed by atoms with E-state index in [1.54, 1.807) is 0 Å². The lowest BCUT2D eigenvalue weighted by Crippen LogP contribution is -2.30. The summed E-state index contributed by atoms with van der Waals surface area (Å²) in [6.07, 6.45) is 1.14. The zero-order chi connectivity index (χ0) is 13.4. The summed E-state index contributed by atoms with van der Waals surface area (Å²) in [4.78, 5) is 2.49. The van der Waals surface area contributed by atoms with Gasteiger partial charge in [-0.05, 0) is 33.3 Å². The van der Waals surface area contributed by atoms with Crippen LogP contribution >= 0.6 is 0 Å². The molecule has 0 bridgehead atoms. The van der Waals surface area contributed by atoms with Crippen LogP contribution in [0.5, 0.6) is 0 Å². The third kappa shape index (κ3) is 2.28. The van der Waals surface area contributed by atoms with Crippen molar-refractivity contribution in [1.82, 2.24) is 30.1 Å². The fraction of sp³-hybridized carbons (Fsp3) is 0.615. The minimum absolute atomic E-state index is 0.568. The van der Waals surface area contributed by atoms with Crippen molar-refractivity contribution in [2.24, 2.45) is 0 Å². The summed E-state index contributed by atoms with van der Waals surface area (Å²) in [6, 6.07) is 2.71. The van der Waals surface area contributed by atoms with Gasteiger partial charge in [0.05, 0.1) is 11.4 Å². The molecule has 0 aliphatic carbocycles. The normalized spacial score (nSPS) is 16.6. The number of aryl methyl sites for hydroxylation is 2. The molecule has 0 fully saturated rings. The Morgan fingerprint density at radius 1 is 1.32 bits per heavy atom. The van der Waals surface area contributed by atoms with Crippen LogP contribution in [0.25, 0.3) is 11.4 Å². The fourth-order valence-corrected chi connectivity index (χ4v) is 2.56. The Balaban J connectivity index is 1.93. The van der Waals surface area contributed by atoms with Gasteiger partial charge in [0.25, 0.3) is 0 Å². The van der Waals surface area contributed by atoms with Crippen molar-refractivity contribution < 1.29 is 0 Å². The predicted molar refractivity (Wildman–Crippen MR) is 72.5 cm³/mol. The van der Waals surface area contributed by atoms with Gasteiger partial charge in [0.2, 0.25) is 0 Å². The number of rotatable bonds is 2. The maximum Gasteiger partial charge on any atom is 0.135 e. The lowest BCUT2D eigenvalue weighted by Gasteiger charge is -2.23. The Labute approximate surface area is 112 Å². The van der Waals surface area contributed by atoms with E-state index in [-0.39, 0.29) is 0 Å². The third-order valence-electron chi connectivity index (χ3n) is 3.74. The largest absolute Gasteiger partial charge is 0.295 e. The SMILES string of the molecule is Cc1[nH]nnc1-c1cc2n(n1)CCCN(C(C)C)C2. The Hall–Kier alpha value is -1.69. The van der Waals surface area contributed by atoms with Crippen molar-refractivity contribution >= 4 is 0 Å². The summed E-state index contributed by atoms with van der Waals surface area (Å²) < 4.78 is 2.12. The highest BCUT2D eigenvalue weighted by Crippen LogP contribution is 2.22. The number of fused-ring (bicyclic) bond motifs is 1. The van der Waals surface area contributed by atoms with Crippen LogP contribution in [0, 0.1) is 6.92 Å². The second kappa shape index (κ2) is 4.77. The fourth-order valence-electron chi connectivity index (χ4n) is 2.56. The molecule has 0 radical (unpaired) electrons. The first kappa shape index (κ1) is 12.3. The van der Waals surface area contributed by atoms with Crippen molar-refractivity contribution in [3.05, 3.63) is 17.5 Å². The monoisotopic (exact) mass is 260 g/mol. The molecule has 1 aliphatic rings. The average molecular weight is 260 g/mol. The van der Waals surface area contributed by atoms with E-state index in [0.717, 1.165) is 43.1 Å². The van der Waals surface area contributed by atoms with Gasteiger partial charge in [-0.1, -0.05) is 5.21 Å². The van der Waals surface area contributed by atoms with Crippen LogP contribution in [-0.2, 0) is 13.1 Å². The van der Waals surface area contributed by atoms with Gasteiger partial charge < -0.3 is 0 Å². The van der Waals surface area contributed by atoms with Gasteiger partial charge in [-0.25, -0.2) is 0 Å². The van der Waals surface area contributed by atoms with E-state index in [9.17, 15) is 0 Å². The van der Waals surface area contributed by atoms with Crippen LogP contribution in [0.1, 0.15) is 31.7 Å². The molecule has 0 aromatic carbocycles. The van der Waals surface area contributed by atoms with Crippen LogP contribution in [0.15, 0.2) is 6.07 Å². The molecule has 1 aliphatic heterocycles. The van der Waals surface area contributed by atoms with E-state index in [2.05, 4.69) is 50.0 Å². The van der Waals surface area contributed by atoms with E-state index < -0.39 is 0 Å². The second-order valence-corrected chi connectivity index (χ2v) is 5.45. The summed E-state index contributed by atoms with van der Waals surface area (Å²) in [7, 11) is 0. The van der Waals surface area contributed by atoms with Crippen molar-refractivity contribution in [2.75, 3.05) is 6.54 Å². The molecule has 0 saturated heterocycles. The molecule has 2 aromatic heterocycles. The van der Waals surface area contributed by atoms with E-state index >= 15 is 0 Å². The number of nitrogens with one attached hydrogen (secondary N) is 1. The molecular formula is C13H20N6. The molecule has 1 N–H and O–H groups in total. The second-order valence-electron chi connectivity index (χ2n) is 5.45. The van der Waals surface area contributed by atoms with Gasteiger partial charge >= 0.3 is 0 Å². The number of hydrogen-bond donors (Lipinski definition) is 1. The van der Waals surface area contributed by atoms with Gasteiger partial charge in [0.1, 0.15) is 11.4 Å². The Bertz CT molecular complexity index is 567. The summed E-state index contributed by atoms with van der Waals surface area (Å²) in [5.74, 6) is 0. The highest BCUT2D eigenvalue weighted by molar-refractivity contribution is 5.56. The molecule has 0 unspecified atom stereocenters. The molecule has 0 atom stereocenters. The van der Waals surface area contributed by atoms with Crippen molar-refractivity contribution in [1.29, 1.82) is 0 Å². The third-order valence-corrected chi connectivity index (χ3v) is 3.74. The molecular weight excluding hydrogens is 240 g/mol. The highest BCUT2D eigenvalue weighted by Gasteiger charge is 2.20. The highest BCUT2D eigenvalue weighted by atomic mass is 15.4. The zero-order valence-electron chi connectivity index (χ0n) is 11.7. The minimum Gasteiger partial charge on any atom is -0.295 e. The van der Waals surface area contributed by atoms with Crippen LogP contribution in [0.3, 0.4) is 0 Å². The number of H-pyrrole nitrogens is 1. The minimum atomic E-state index is 0.568. The van der Waals surface area contributed by atoms with E-state index in [0.29, 0.717) is 6.04 Å². The van der Waals surface area contributed by atoms with Crippen LogP contribution in [0.4, 0.5) is 0 Å². The zero-order valence-corrected chi connectivity index (χ0v) is 11.7. The van der Waals surface area contributed by atoms with Gasteiger partial charge in [-0.3, -0.25) is 14.7 Å². The molecule has 19 heavy (non-hydrogen) atoms. The van der Waals surface area contributed by atoms with Crippen LogP contribution in [0.2, 0.25) is 0 Å². The molecule has 6 heteroatoms. The number of aromatic amines is 1. The van der Waals surface area contributed by atoms with Gasteiger partial charge in [0.15, 0.2) is 0 Å². The number of hydrogen-bond acceptors (Lipinski definition) is 4. The lowest BCUT2D eigenvalue weighted by molar-refractivity contribution is 0.216. The molecule has 3 heterocycles. The van der Waals surface area contributed by atoms with Gasteiger partial charge in [-0.2, -0.15) is 5.10 Å².